The zero-order chi connectivity index (χ0) is 19.6. The van der Waals surface area contributed by atoms with Crippen molar-refractivity contribution in [1.29, 1.82) is 5.26 Å². The predicted molar refractivity (Wildman–Crippen MR) is 94.1 cm³/mol. The van der Waals surface area contributed by atoms with Gasteiger partial charge in [-0.1, -0.05) is 6.07 Å². The van der Waals surface area contributed by atoms with Crippen molar-refractivity contribution in [3.05, 3.63) is 77.0 Å². The molecule has 2 N–H and O–H groups in total. The Morgan fingerprint density at radius 2 is 1.81 bits per heavy atom. The summed E-state index contributed by atoms with van der Waals surface area (Å²) in [5.74, 6) is -2.30. The van der Waals surface area contributed by atoms with Crippen LogP contribution in [0.25, 0.3) is 11.3 Å². The number of rotatable bonds is 4. The second-order valence-corrected chi connectivity index (χ2v) is 5.75. The van der Waals surface area contributed by atoms with Crippen molar-refractivity contribution >= 4 is 5.91 Å². The Kier molecular flexibility index (Phi) is 4.81. The van der Waals surface area contributed by atoms with E-state index in [0.29, 0.717) is 22.6 Å². The first-order valence-corrected chi connectivity index (χ1v) is 7.83. The lowest BCUT2D eigenvalue weighted by Crippen LogP contribution is -2.12. The van der Waals surface area contributed by atoms with Gasteiger partial charge in [-0.15, -0.1) is 0 Å². The number of hydrogen-bond acceptors (Lipinski definition) is 4. The maximum atomic E-state index is 13.7. The van der Waals surface area contributed by atoms with E-state index in [1.54, 1.807) is 31.2 Å². The van der Waals surface area contributed by atoms with E-state index in [0.717, 1.165) is 17.7 Å². The van der Waals surface area contributed by atoms with E-state index in [-0.39, 0.29) is 5.75 Å². The Bertz CT molecular complexity index is 1070. The second-order valence-electron chi connectivity index (χ2n) is 5.75. The Balaban J connectivity index is 1.92. The summed E-state index contributed by atoms with van der Waals surface area (Å²) < 4.78 is 32.9. The molecule has 0 aliphatic heterocycles. The lowest BCUT2D eigenvalue weighted by molar-refractivity contribution is 0.0999. The number of nitrogens with two attached hydrogens (primary N) is 1. The van der Waals surface area contributed by atoms with Crippen molar-refractivity contribution < 1.29 is 18.3 Å². The van der Waals surface area contributed by atoms with Crippen LogP contribution in [0.2, 0.25) is 0 Å². The topological polar surface area (TPSA) is 89.0 Å². The number of primary amides is 1. The van der Waals surface area contributed by atoms with Crippen LogP contribution in [0.4, 0.5) is 8.78 Å². The van der Waals surface area contributed by atoms with Gasteiger partial charge in [0, 0.05) is 35.5 Å². The molecule has 0 fully saturated rings. The highest BCUT2D eigenvalue weighted by Crippen LogP contribution is 2.28. The minimum Gasteiger partial charge on any atom is -0.457 e. The van der Waals surface area contributed by atoms with Crippen LogP contribution in [0, 0.1) is 29.9 Å². The minimum absolute atomic E-state index is 0.0820. The van der Waals surface area contributed by atoms with Gasteiger partial charge in [0.1, 0.15) is 34.8 Å². The van der Waals surface area contributed by atoms with Crippen molar-refractivity contribution in [2.45, 2.75) is 6.92 Å². The molecule has 0 bridgehead atoms. The zero-order valence-corrected chi connectivity index (χ0v) is 14.2. The van der Waals surface area contributed by atoms with Crippen molar-refractivity contribution in [3.63, 3.8) is 0 Å². The molecular weight excluding hydrogens is 352 g/mol. The van der Waals surface area contributed by atoms with E-state index in [9.17, 15) is 13.6 Å². The highest BCUT2D eigenvalue weighted by atomic mass is 19.1. The van der Waals surface area contributed by atoms with Gasteiger partial charge in [0.15, 0.2) is 0 Å². The number of carbonyl (C=O) groups excluding carboxylic acids is 1. The van der Waals surface area contributed by atoms with Gasteiger partial charge in [-0.05, 0) is 30.7 Å². The number of halogens is 2. The Morgan fingerprint density at radius 3 is 2.41 bits per heavy atom. The molecule has 27 heavy (non-hydrogen) atoms. The largest absolute Gasteiger partial charge is 0.457 e. The molecule has 1 aromatic heterocycles. The molecule has 0 saturated carbocycles. The predicted octanol–water partition coefficient (Wildman–Crippen LogP) is 4.10. The summed E-state index contributed by atoms with van der Waals surface area (Å²) in [5, 5.41) is 8.71. The molecule has 3 aromatic rings. The van der Waals surface area contributed by atoms with Gasteiger partial charge >= 0.3 is 0 Å². The van der Waals surface area contributed by atoms with Crippen LogP contribution in [0.15, 0.2) is 48.7 Å². The third-order valence-electron chi connectivity index (χ3n) is 3.88. The number of aromatic nitrogens is 1. The average molecular weight is 365 g/mol. The number of nitrogens with zero attached hydrogens (tertiary/aromatic N) is 2. The molecule has 0 spiro atoms. The summed E-state index contributed by atoms with van der Waals surface area (Å²) in [7, 11) is 0. The number of hydrogen-bond donors (Lipinski definition) is 1. The normalized spacial score (nSPS) is 10.3. The Hall–Kier alpha value is -3.79. The maximum absolute atomic E-state index is 13.7. The van der Waals surface area contributed by atoms with E-state index in [1.807, 2.05) is 0 Å². The van der Waals surface area contributed by atoms with E-state index in [1.165, 1.54) is 18.3 Å². The van der Waals surface area contributed by atoms with Crippen LogP contribution in [-0.4, -0.2) is 10.9 Å². The van der Waals surface area contributed by atoms with Crippen molar-refractivity contribution in [2.75, 3.05) is 0 Å². The highest BCUT2D eigenvalue weighted by Gasteiger charge is 2.13. The molecule has 0 saturated heterocycles. The molecule has 0 aliphatic rings. The van der Waals surface area contributed by atoms with Gasteiger partial charge in [0.25, 0.3) is 0 Å². The molecule has 134 valence electrons. The summed E-state index contributed by atoms with van der Waals surface area (Å²) in [6, 6.07) is 11.5. The SMILES string of the molecule is Cc1cc(-c2cc(Oc3cc(F)c(C#N)c(F)c3)ccn2)ccc1C(N)=O. The molecule has 1 heterocycles. The number of ether oxygens (including phenoxy) is 1. The van der Waals surface area contributed by atoms with Crippen LogP contribution in [0.3, 0.4) is 0 Å². The molecule has 0 unspecified atom stereocenters. The summed E-state index contributed by atoms with van der Waals surface area (Å²) in [6.45, 7) is 1.76. The number of carbonyl (C=O) groups is 1. The summed E-state index contributed by atoms with van der Waals surface area (Å²) in [6.07, 6.45) is 1.48. The van der Waals surface area contributed by atoms with Crippen LogP contribution in [0.5, 0.6) is 11.5 Å². The molecule has 0 atom stereocenters. The quantitative estimate of drug-likeness (QED) is 0.754. The first-order valence-electron chi connectivity index (χ1n) is 7.83. The molecule has 2 aromatic carbocycles. The van der Waals surface area contributed by atoms with Gasteiger partial charge in [-0.3, -0.25) is 9.78 Å². The van der Waals surface area contributed by atoms with E-state index in [4.69, 9.17) is 15.7 Å². The molecule has 0 aliphatic carbocycles. The van der Waals surface area contributed by atoms with Crippen LogP contribution >= 0.6 is 0 Å². The average Bonchev–Trinajstić information content (AvgIpc) is 2.61. The number of aryl methyl sites for hydroxylation is 1. The number of nitriles is 1. The third kappa shape index (κ3) is 3.75. The van der Waals surface area contributed by atoms with Crippen LogP contribution in [-0.2, 0) is 0 Å². The van der Waals surface area contributed by atoms with Crippen molar-refractivity contribution in [3.8, 4) is 28.8 Å². The molecular formula is C20H13F2N3O2. The number of pyridine rings is 1. The van der Waals surface area contributed by atoms with Gasteiger partial charge in [0.2, 0.25) is 5.91 Å². The van der Waals surface area contributed by atoms with Crippen molar-refractivity contribution in [1.82, 2.24) is 4.98 Å². The first-order chi connectivity index (χ1) is 12.9. The fraction of sp³-hybridized carbons (Fsp3) is 0.0500. The number of amides is 1. The van der Waals surface area contributed by atoms with E-state index in [2.05, 4.69) is 4.98 Å². The molecule has 3 rings (SSSR count). The van der Waals surface area contributed by atoms with E-state index >= 15 is 0 Å². The summed E-state index contributed by atoms with van der Waals surface area (Å²) >= 11 is 0. The summed E-state index contributed by atoms with van der Waals surface area (Å²) in [5.41, 5.74) is 7.01. The van der Waals surface area contributed by atoms with Gasteiger partial charge in [0.05, 0.1) is 5.69 Å². The Labute approximate surface area is 153 Å². The van der Waals surface area contributed by atoms with Crippen molar-refractivity contribution in [2.24, 2.45) is 5.73 Å². The van der Waals surface area contributed by atoms with Crippen LogP contribution in [0.1, 0.15) is 21.5 Å². The second kappa shape index (κ2) is 7.22. The molecule has 5 nitrogen and oxygen atoms in total. The molecule has 1 amide bonds. The smallest absolute Gasteiger partial charge is 0.248 e. The van der Waals surface area contributed by atoms with Gasteiger partial charge in [-0.2, -0.15) is 5.26 Å². The van der Waals surface area contributed by atoms with Gasteiger partial charge < -0.3 is 10.5 Å². The third-order valence-corrected chi connectivity index (χ3v) is 3.88. The first kappa shape index (κ1) is 18.0. The fourth-order valence-corrected chi connectivity index (χ4v) is 2.58. The summed E-state index contributed by atoms with van der Waals surface area (Å²) in [4.78, 5) is 15.6. The lowest BCUT2D eigenvalue weighted by Gasteiger charge is -2.09. The zero-order valence-electron chi connectivity index (χ0n) is 14.2. The maximum Gasteiger partial charge on any atom is 0.248 e. The number of benzene rings is 2. The lowest BCUT2D eigenvalue weighted by atomic mass is 10.0. The Morgan fingerprint density at radius 1 is 1.11 bits per heavy atom. The molecule has 7 heteroatoms. The van der Waals surface area contributed by atoms with Crippen LogP contribution < -0.4 is 10.5 Å². The van der Waals surface area contributed by atoms with Gasteiger partial charge in [-0.25, -0.2) is 8.78 Å². The standard InChI is InChI=1S/C20H13F2N3O2/c1-11-6-12(2-3-15(11)20(24)26)19-9-13(4-5-25-19)27-14-7-17(21)16(10-23)18(22)8-14/h2-9H,1H3,(H2,24,26). The fourth-order valence-electron chi connectivity index (χ4n) is 2.58. The molecule has 0 radical (unpaired) electrons. The monoisotopic (exact) mass is 365 g/mol. The minimum atomic E-state index is -1.00. The highest BCUT2D eigenvalue weighted by molar-refractivity contribution is 5.94. The van der Waals surface area contributed by atoms with E-state index < -0.39 is 23.1 Å².